The van der Waals surface area contributed by atoms with E-state index in [1.807, 2.05) is 6.92 Å². The van der Waals surface area contributed by atoms with E-state index in [4.69, 9.17) is 11.7 Å². The van der Waals surface area contributed by atoms with E-state index in [-0.39, 0.29) is 5.97 Å². The van der Waals surface area contributed by atoms with Crippen molar-refractivity contribution in [2.24, 2.45) is 0 Å². The topological polar surface area (TPSA) is 26.3 Å². The minimum absolute atomic E-state index is 0.115. The van der Waals surface area contributed by atoms with Crippen LogP contribution >= 0.6 is 0 Å². The van der Waals surface area contributed by atoms with Crippen LogP contribution in [0.1, 0.15) is 32.6 Å². The average molecular weight is 142 g/mol. The van der Waals surface area contributed by atoms with Crippen molar-refractivity contribution in [1.82, 2.24) is 0 Å². The predicted molar refractivity (Wildman–Crippen MR) is 39.4 cm³/mol. The Bertz CT molecular complexity index is 89.3. The van der Waals surface area contributed by atoms with E-state index in [9.17, 15) is 4.79 Å². The number of carbonyl (C=O) groups is 1. The lowest BCUT2D eigenvalue weighted by molar-refractivity contribution is -0.143. The van der Waals surface area contributed by atoms with Gasteiger partial charge in [0.1, 0.15) is 0 Å². The molecule has 0 aromatic carbocycles. The summed E-state index contributed by atoms with van der Waals surface area (Å²) in [7, 11) is 0. The van der Waals surface area contributed by atoms with Crippen LogP contribution < -0.4 is 0 Å². The molecule has 0 heterocycles. The highest BCUT2D eigenvalue weighted by atomic mass is 16.5. The number of esters is 1. The molecule has 0 aliphatic rings. The molecular weight excluding hydrogens is 128 g/mol. The van der Waals surface area contributed by atoms with E-state index in [0.29, 0.717) is 19.4 Å². The van der Waals surface area contributed by atoms with Gasteiger partial charge in [0.25, 0.3) is 0 Å². The summed E-state index contributed by atoms with van der Waals surface area (Å²) in [6.45, 7) is 7.61. The number of carbonyl (C=O) groups excluding carboxylic acids is 1. The summed E-state index contributed by atoms with van der Waals surface area (Å²) in [4.78, 5) is 10.7. The lowest BCUT2D eigenvalue weighted by Gasteiger charge is -2.00. The zero-order valence-electron chi connectivity index (χ0n) is 6.43. The summed E-state index contributed by atoms with van der Waals surface area (Å²) >= 11 is 0. The van der Waals surface area contributed by atoms with Crippen molar-refractivity contribution in [3.8, 4) is 0 Å². The van der Waals surface area contributed by atoms with E-state index in [0.717, 1.165) is 12.8 Å². The van der Waals surface area contributed by atoms with Crippen molar-refractivity contribution in [2.75, 3.05) is 6.61 Å². The van der Waals surface area contributed by atoms with Gasteiger partial charge in [-0.25, -0.2) is 0 Å². The third-order valence-electron chi connectivity index (χ3n) is 1.07. The van der Waals surface area contributed by atoms with Crippen LogP contribution in [0, 0.1) is 6.92 Å². The highest BCUT2D eigenvalue weighted by Crippen LogP contribution is 1.93. The van der Waals surface area contributed by atoms with Crippen LogP contribution in [0.25, 0.3) is 0 Å². The van der Waals surface area contributed by atoms with Crippen LogP contribution in [0.2, 0.25) is 0 Å². The van der Waals surface area contributed by atoms with Crippen LogP contribution in [-0.2, 0) is 9.53 Å². The first-order valence-corrected chi connectivity index (χ1v) is 3.67. The van der Waals surface area contributed by atoms with Crippen molar-refractivity contribution < 1.29 is 9.53 Å². The summed E-state index contributed by atoms with van der Waals surface area (Å²) in [5.41, 5.74) is 0. The van der Waals surface area contributed by atoms with E-state index >= 15 is 0 Å². The highest BCUT2D eigenvalue weighted by Gasteiger charge is 1.97. The summed E-state index contributed by atoms with van der Waals surface area (Å²) in [5, 5.41) is 0. The monoisotopic (exact) mass is 142 g/mol. The molecule has 0 aromatic heterocycles. The first kappa shape index (κ1) is 9.47. The maximum absolute atomic E-state index is 10.7. The lowest BCUT2D eigenvalue weighted by atomic mass is 10.3. The van der Waals surface area contributed by atoms with Gasteiger partial charge in [0.15, 0.2) is 0 Å². The Kier molecular flexibility index (Phi) is 6.24. The van der Waals surface area contributed by atoms with E-state index in [1.54, 1.807) is 0 Å². The third-order valence-corrected chi connectivity index (χ3v) is 1.07. The zero-order chi connectivity index (χ0) is 7.82. The molecule has 0 aromatic rings. The molecule has 0 saturated carbocycles. The van der Waals surface area contributed by atoms with Gasteiger partial charge in [-0.3, -0.25) is 4.79 Å². The van der Waals surface area contributed by atoms with E-state index < -0.39 is 0 Å². The molecule has 0 bridgehead atoms. The molecule has 0 fully saturated rings. The van der Waals surface area contributed by atoms with Gasteiger partial charge >= 0.3 is 5.97 Å². The Morgan fingerprint density at radius 2 is 2.30 bits per heavy atom. The molecule has 0 atom stereocenters. The summed E-state index contributed by atoms with van der Waals surface area (Å²) in [6.07, 6.45) is 2.71. The Balaban J connectivity index is 3.05. The van der Waals surface area contributed by atoms with E-state index in [1.165, 1.54) is 0 Å². The second-order valence-corrected chi connectivity index (χ2v) is 2.11. The van der Waals surface area contributed by atoms with Crippen molar-refractivity contribution in [1.29, 1.82) is 0 Å². The van der Waals surface area contributed by atoms with Crippen LogP contribution in [-0.4, -0.2) is 12.6 Å². The summed E-state index contributed by atoms with van der Waals surface area (Å²) in [5.74, 6) is -0.115. The number of hydrogen-bond donors (Lipinski definition) is 0. The minimum atomic E-state index is -0.115. The van der Waals surface area contributed by atoms with Crippen LogP contribution in [0.3, 0.4) is 0 Å². The van der Waals surface area contributed by atoms with Crippen molar-refractivity contribution in [3.05, 3.63) is 6.92 Å². The van der Waals surface area contributed by atoms with Gasteiger partial charge in [0.2, 0.25) is 0 Å². The molecule has 2 heteroatoms. The molecule has 0 aliphatic carbocycles. The molecule has 58 valence electrons. The number of ether oxygens (including phenoxy) is 1. The van der Waals surface area contributed by atoms with Crippen LogP contribution in [0.5, 0.6) is 0 Å². The van der Waals surface area contributed by atoms with Gasteiger partial charge in [-0.2, -0.15) is 0 Å². The van der Waals surface area contributed by atoms with Gasteiger partial charge in [-0.05, 0) is 26.2 Å². The number of hydrogen-bond acceptors (Lipinski definition) is 2. The lowest BCUT2D eigenvalue weighted by Crippen LogP contribution is -2.04. The first-order valence-electron chi connectivity index (χ1n) is 3.67. The third kappa shape index (κ3) is 5.60. The second kappa shape index (κ2) is 6.59. The molecule has 10 heavy (non-hydrogen) atoms. The molecule has 0 unspecified atom stereocenters. The van der Waals surface area contributed by atoms with E-state index in [2.05, 4.69) is 0 Å². The molecule has 0 spiro atoms. The maximum atomic E-state index is 10.7. The Hall–Kier alpha value is -0.530. The Morgan fingerprint density at radius 1 is 1.60 bits per heavy atom. The standard InChI is InChI=1S/C8H14O2/c1-3-5-7-10-8(9)6-4-2/h1H,3-7H2,2H3. The van der Waals surface area contributed by atoms with Crippen molar-refractivity contribution >= 4 is 5.97 Å². The Morgan fingerprint density at radius 3 is 2.80 bits per heavy atom. The Labute approximate surface area is 62.6 Å². The molecule has 0 aliphatic heterocycles. The van der Waals surface area contributed by atoms with Gasteiger partial charge in [0, 0.05) is 6.42 Å². The predicted octanol–water partition coefficient (Wildman–Crippen LogP) is 1.82. The SMILES string of the molecule is [CH]CCCOC(=O)CCC. The largest absolute Gasteiger partial charge is 0.466 e. The number of unbranched alkanes of at least 4 members (excludes halogenated alkanes) is 1. The van der Waals surface area contributed by atoms with Crippen LogP contribution in [0.4, 0.5) is 0 Å². The average Bonchev–Trinajstić information content (AvgIpc) is 1.89. The fraction of sp³-hybridized carbons (Fsp3) is 0.750. The fourth-order valence-electron chi connectivity index (χ4n) is 0.546. The van der Waals surface area contributed by atoms with Gasteiger partial charge < -0.3 is 4.74 Å². The molecule has 0 amide bonds. The summed E-state index contributed by atoms with van der Waals surface area (Å²) in [6, 6.07) is 0. The zero-order valence-corrected chi connectivity index (χ0v) is 6.43. The minimum Gasteiger partial charge on any atom is -0.466 e. The molecule has 2 nitrogen and oxygen atoms in total. The summed E-state index contributed by atoms with van der Waals surface area (Å²) < 4.78 is 4.80. The van der Waals surface area contributed by atoms with Gasteiger partial charge in [-0.15, -0.1) is 0 Å². The smallest absolute Gasteiger partial charge is 0.305 e. The van der Waals surface area contributed by atoms with Gasteiger partial charge in [-0.1, -0.05) is 6.92 Å². The fourth-order valence-corrected chi connectivity index (χ4v) is 0.546. The van der Waals surface area contributed by atoms with Gasteiger partial charge in [0.05, 0.1) is 6.61 Å². The normalized spacial score (nSPS) is 9.40. The first-order chi connectivity index (χ1) is 4.81. The number of rotatable bonds is 5. The second-order valence-electron chi connectivity index (χ2n) is 2.11. The van der Waals surface area contributed by atoms with Crippen LogP contribution in [0.15, 0.2) is 0 Å². The highest BCUT2D eigenvalue weighted by molar-refractivity contribution is 5.69. The quantitative estimate of drug-likeness (QED) is 0.432. The molecule has 2 radical (unpaired) electrons. The molecule has 0 rings (SSSR count). The molecule has 0 saturated heterocycles. The molecule has 0 N–H and O–H groups in total. The van der Waals surface area contributed by atoms with Crippen molar-refractivity contribution in [3.63, 3.8) is 0 Å². The van der Waals surface area contributed by atoms with Crippen molar-refractivity contribution in [2.45, 2.75) is 32.6 Å². The molecular formula is C8H14O2. The maximum Gasteiger partial charge on any atom is 0.305 e.